The molecule has 106 valence electrons. The average molecular weight is 303 g/mol. The average Bonchev–Trinajstić information content (AvgIpc) is 2.99. The van der Waals surface area contributed by atoms with Crippen molar-refractivity contribution in [3.05, 3.63) is 82.9 Å². The Balaban J connectivity index is 2.01. The second-order valence-electron chi connectivity index (χ2n) is 4.58. The molecule has 21 heavy (non-hydrogen) atoms. The quantitative estimate of drug-likeness (QED) is 0.800. The summed E-state index contributed by atoms with van der Waals surface area (Å²) in [6.45, 7) is 0. The van der Waals surface area contributed by atoms with Gasteiger partial charge in [-0.25, -0.2) is 9.07 Å². The molecule has 1 aromatic heterocycles. The zero-order valence-corrected chi connectivity index (χ0v) is 11.7. The fourth-order valence-corrected chi connectivity index (χ4v) is 2.35. The Kier molecular flexibility index (Phi) is 3.73. The fraction of sp³-hybridized carbons (Fsp3) is 0.0625. The van der Waals surface area contributed by atoms with Crippen molar-refractivity contribution in [1.82, 2.24) is 9.78 Å². The van der Waals surface area contributed by atoms with Crippen molar-refractivity contribution in [2.24, 2.45) is 0 Å². The Morgan fingerprint density at radius 2 is 1.86 bits per heavy atom. The summed E-state index contributed by atoms with van der Waals surface area (Å²) in [7, 11) is 0. The maximum absolute atomic E-state index is 13.2. The van der Waals surface area contributed by atoms with E-state index in [9.17, 15) is 9.50 Å². The highest BCUT2D eigenvalue weighted by Gasteiger charge is 2.17. The largest absolute Gasteiger partial charge is 0.382 e. The molecule has 0 aliphatic carbocycles. The van der Waals surface area contributed by atoms with Crippen molar-refractivity contribution in [2.75, 3.05) is 0 Å². The van der Waals surface area contributed by atoms with E-state index in [1.165, 1.54) is 18.2 Å². The minimum absolute atomic E-state index is 0.0164. The van der Waals surface area contributed by atoms with Crippen LogP contribution in [0.5, 0.6) is 0 Å². The first kappa shape index (κ1) is 13.8. The normalized spacial score (nSPS) is 12.3. The molecule has 0 bridgehead atoms. The fourth-order valence-electron chi connectivity index (χ4n) is 2.16. The zero-order chi connectivity index (χ0) is 14.8. The van der Waals surface area contributed by atoms with Crippen LogP contribution < -0.4 is 0 Å². The summed E-state index contributed by atoms with van der Waals surface area (Å²) in [6, 6.07) is 15.4. The van der Waals surface area contributed by atoms with Crippen LogP contribution in [0.4, 0.5) is 4.39 Å². The number of rotatable bonds is 3. The minimum Gasteiger partial charge on any atom is -0.382 e. The van der Waals surface area contributed by atoms with Gasteiger partial charge in [0.1, 0.15) is 11.9 Å². The second-order valence-corrected chi connectivity index (χ2v) is 4.99. The molecule has 2 aromatic carbocycles. The summed E-state index contributed by atoms with van der Waals surface area (Å²) >= 11 is 5.77. The molecule has 0 saturated carbocycles. The summed E-state index contributed by atoms with van der Waals surface area (Å²) in [4.78, 5) is 0. The molecule has 5 heteroatoms. The molecule has 0 spiro atoms. The van der Waals surface area contributed by atoms with Gasteiger partial charge in [0.2, 0.25) is 0 Å². The SMILES string of the molecule is OC(c1ccc(F)c(Cl)c1)c1ccnn1-c1ccccc1. The first-order valence-electron chi connectivity index (χ1n) is 6.39. The summed E-state index contributed by atoms with van der Waals surface area (Å²) in [6.07, 6.45) is 0.669. The van der Waals surface area contributed by atoms with Crippen molar-refractivity contribution in [3.8, 4) is 5.69 Å². The monoisotopic (exact) mass is 302 g/mol. The smallest absolute Gasteiger partial charge is 0.141 e. The van der Waals surface area contributed by atoms with E-state index in [1.807, 2.05) is 30.3 Å². The number of hydrogen-bond donors (Lipinski definition) is 1. The molecular weight excluding hydrogens is 291 g/mol. The van der Waals surface area contributed by atoms with E-state index in [2.05, 4.69) is 5.10 Å². The van der Waals surface area contributed by atoms with E-state index >= 15 is 0 Å². The van der Waals surface area contributed by atoms with Crippen LogP contribution in [0.25, 0.3) is 5.69 Å². The maximum atomic E-state index is 13.2. The number of halogens is 2. The van der Waals surface area contributed by atoms with Gasteiger partial charge in [-0.15, -0.1) is 0 Å². The lowest BCUT2D eigenvalue weighted by Crippen LogP contribution is -2.08. The van der Waals surface area contributed by atoms with E-state index < -0.39 is 11.9 Å². The molecule has 0 amide bonds. The molecule has 1 heterocycles. The van der Waals surface area contributed by atoms with E-state index in [-0.39, 0.29) is 5.02 Å². The van der Waals surface area contributed by atoms with E-state index in [1.54, 1.807) is 16.9 Å². The molecule has 0 radical (unpaired) electrons. The predicted molar refractivity (Wildman–Crippen MR) is 79.0 cm³/mol. The van der Waals surface area contributed by atoms with Crippen LogP contribution in [0.1, 0.15) is 17.4 Å². The first-order chi connectivity index (χ1) is 10.2. The van der Waals surface area contributed by atoms with Crippen molar-refractivity contribution in [3.63, 3.8) is 0 Å². The highest BCUT2D eigenvalue weighted by atomic mass is 35.5. The van der Waals surface area contributed by atoms with Crippen LogP contribution in [0.3, 0.4) is 0 Å². The Morgan fingerprint density at radius 1 is 1.10 bits per heavy atom. The molecule has 1 N–H and O–H groups in total. The molecule has 3 aromatic rings. The standard InChI is InChI=1S/C16H12ClFN2O/c17-13-10-11(6-7-14(13)18)16(21)15-8-9-19-20(15)12-4-2-1-3-5-12/h1-10,16,21H. The second kappa shape index (κ2) is 5.68. The molecule has 0 fully saturated rings. The van der Waals surface area contributed by atoms with Crippen LogP contribution in [0.15, 0.2) is 60.8 Å². The lowest BCUT2D eigenvalue weighted by Gasteiger charge is -2.14. The van der Waals surface area contributed by atoms with Gasteiger partial charge < -0.3 is 5.11 Å². The molecule has 3 rings (SSSR count). The Labute approximate surface area is 126 Å². The number of aromatic nitrogens is 2. The summed E-state index contributed by atoms with van der Waals surface area (Å²) in [5.74, 6) is -0.510. The summed E-state index contributed by atoms with van der Waals surface area (Å²) in [5, 5.41) is 14.7. The number of para-hydroxylation sites is 1. The minimum atomic E-state index is -0.939. The molecule has 1 unspecified atom stereocenters. The first-order valence-corrected chi connectivity index (χ1v) is 6.77. The highest BCUT2D eigenvalue weighted by Crippen LogP contribution is 2.27. The maximum Gasteiger partial charge on any atom is 0.141 e. The van der Waals surface area contributed by atoms with Gasteiger partial charge in [0, 0.05) is 6.20 Å². The van der Waals surface area contributed by atoms with Gasteiger partial charge in [0.15, 0.2) is 0 Å². The third-order valence-corrected chi connectivity index (χ3v) is 3.50. The van der Waals surface area contributed by atoms with E-state index in [4.69, 9.17) is 11.6 Å². The number of aliphatic hydroxyl groups excluding tert-OH is 1. The lowest BCUT2D eigenvalue weighted by atomic mass is 10.1. The van der Waals surface area contributed by atoms with Crippen molar-refractivity contribution in [1.29, 1.82) is 0 Å². The molecule has 0 aliphatic rings. The summed E-state index contributed by atoms with van der Waals surface area (Å²) in [5.41, 5.74) is 1.94. The summed E-state index contributed by atoms with van der Waals surface area (Å²) < 4.78 is 14.9. The molecule has 3 nitrogen and oxygen atoms in total. The molecule has 0 aliphatic heterocycles. The van der Waals surface area contributed by atoms with Crippen LogP contribution >= 0.6 is 11.6 Å². The Morgan fingerprint density at radius 3 is 2.57 bits per heavy atom. The zero-order valence-electron chi connectivity index (χ0n) is 10.9. The van der Waals surface area contributed by atoms with Gasteiger partial charge in [-0.1, -0.05) is 35.9 Å². The lowest BCUT2D eigenvalue weighted by molar-refractivity contribution is 0.212. The third-order valence-electron chi connectivity index (χ3n) is 3.21. The van der Waals surface area contributed by atoms with E-state index in [0.717, 1.165) is 5.69 Å². The van der Waals surface area contributed by atoms with Crippen molar-refractivity contribution >= 4 is 11.6 Å². The van der Waals surface area contributed by atoms with Gasteiger partial charge in [0.05, 0.1) is 16.4 Å². The number of benzene rings is 2. The van der Waals surface area contributed by atoms with Gasteiger partial charge in [-0.05, 0) is 35.9 Å². The third kappa shape index (κ3) is 2.68. The Hall–Kier alpha value is -2.17. The van der Waals surface area contributed by atoms with Crippen LogP contribution in [-0.2, 0) is 0 Å². The van der Waals surface area contributed by atoms with Gasteiger partial charge in [-0.2, -0.15) is 5.10 Å². The molecular formula is C16H12ClFN2O. The van der Waals surface area contributed by atoms with E-state index in [0.29, 0.717) is 11.3 Å². The highest BCUT2D eigenvalue weighted by molar-refractivity contribution is 6.30. The van der Waals surface area contributed by atoms with Gasteiger partial charge in [-0.3, -0.25) is 0 Å². The Bertz CT molecular complexity index is 758. The van der Waals surface area contributed by atoms with Crippen molar-refractivity contribution < 1.29 is 9.50 Å². The van der Waals surface area contributed by atoms with Crippen LogP contribution in [0.2, 0.25) is 5.02 Å². The van der Waals surface area contributed by atoms with Crippen LogP contribution in [-0.4, -0.2) is 14.9 Å². The predicted octanol–water partition coefficient (Wildman–Crippen LogP) is 3.75. The van der Waals surface area contributed by atoms with Gasteiger partial charge >= 0.3 is 0 Å². The topological polar surface area (TPSA) is 38.1 Å². The molecule has 1 atom stereocenters. The number of nitrogens with zero attached hydrogens (tertiary/aromatic N) is 2. The molecule has 0 saturated heterocycles. The number of aliphatic hydroxyl groups is 1. The van der Waals surface area contributed by atoms with Gasteiger partial charge in [0.25, 0.3) is 0 Å². The van der Waals surface area contributed by atoms with Crippen molar-refractivity contribution in [2.45, 2.75) is 6.10 Å². The van der Waals surface area contributed by atoms with Crippen LogP contribution in [0, 0.1) is 5.82 Å². The number of hydrogen-bond acceptors (Lipinski definition) is 2.